The van der Waals surface area contributed by atoms with Crippen LogP contribution in [-0.4, -0.2) is 46.0 Å². The Bertz CT molecular complexity index is 1240. The number of carbonyl (C=O) groups is 2. The number of nitrogens with zero attached hydrogens (tertiary/aromatic N) is 2. The minimum absolute atomic E-state index is 0.204. The number of ether oxygens (including phenoxy) is 1. The number of nitrogens with one attached hydrogen (secondary N) is 2. The molecule has 0 bridgehead atoms. The van der Waals surface area contributed by atoms with E-state index in [0.29, 0.717) is 37.1 Å². The molecule has 2 heterocycles. The molecule has 0 unspecified atom stereocenters. The molecule has 36 heavy (non-hydrogen) atoms. The number of likely N-dealkylation sites (tertiary alicyclic amines) is 1. The number of aryl methyl sites for hydroxylation is 1. The average molecular weight is 489 g/mol. The number of aromatic nitrogens is 1. The van der Waals surface area contributed by atoms with Crippen molar-refractivity contribution in [3.05, 3.63) is 65.9 Å². The summed E-state index contributed by atoms with van der Waals surface area (Å²) in [6, 6.07) is 17.8. The van der Waals surface area contributed by atoms with Crippen molar-refractivity contribution >= 4 is 28.4 Å². The van der Waals surface area contributed by atoms with Crippen molar-refractivity contribution in [2.24, 2.45) is 11.8 Å². The summed E-state index contributed by atoms with van der Waals surface area (Å²) < 4.78 is 6.02. The fourth-order valence-electron chi connectivity index (χ4n) is 5.27. The Hall–Kier alpha value is -3.49. The van der Waals surface area contributed by atoms with Crippen molar-refractivity contribution in [1.29, 1.82) is 0 Å². The van der Waals surface area contributed by atoms with E-state index >= 15 is 0 Å². The lowest BCUT2D eigenvalue weighted by Gasteiger charge is -2.44. The van der Waals surface area contributed by atoms with Crippen LogP contribution in [0, 0.1) is 18.8 Å². The van der Waals surface area contributed by atoms with Crippen LogP contribution in [0.1, 0.15) is 36.9 Å². The molecule has 8 heteroatoms. The summed E-state index contributed by atoms with van der Waals surface area (Å²) in [6.07, 6.45) is 4.06. The Morgan fingerprint density at radius 2 is 1.83 bits per heavy atom. The molecule has 1 aliphatic heterocycles. The van der Waals surface area contributed by atoms with Gasteiger partial charge in [0.2, 0.25) is 11.8 Å². The summed E-state index contributed by atoms with van der Waals surface area (Å²) in [4.78, 5) is 32.3. The van der Waals surface area contributed by atoms with Crippen LogP contribution in [0.4, 0.5) is 5.69 Å². The van der Waals surface area contributed by atoms with Crippen LogP contribution in [0.2, 0.25) is 0 Å². The fourth-order valence-corrected chi connectivity index (χ4v) is 5.27. The Kier molecular flexibility index (Phi) is 7.16. The van der Waals surface area contributed by atoms with E-state index in [1.807, 2.05) is 49.4 Å². The molecule has 3 aromatic rings. The first kappa shape index (κ1) is 24.2. The molecule has 1 aromatic heterocycles. The number of carbonyl (C=O) groups excluding carboxylic acids is 2. The fraction of sp³-hybridized carbons (Fsp3) is 0.393. The first-order valence-electron chi connectivity index (χ1n) is 12.6. The van der Waals surface area contributed by atoms with Crippen LogP contribution in [0.15, 0.2) is 54.6 Å². The molecular weight excluding hydrogens is 456 g/mol. The minimum atomic E-state index is -0.578. The molecule has 2 fully saturated rings. The molecule has 5 rings (SSSR count). The van der Waals surface area contributed by atoms with E-state index in [0.717, 1.165) is 41.5 Å². The number of rotatable bonds is 7. The van der Waals surface area contributed by atoms with Gasteiger partial charge < -0.3 is 10.1 Å². The third kappa shape index (κ3) is 5.20. The normalized spacial score (nSPS) is 20.5. The SMILES string of the molecule is Cc1cc(COc2ccc(NC(=O)[C@H]3CCN(C4CCC4)C[C@@H]3C(=O)NO)cc2)c2ccccc2n1. The number of anilines is 1. The van der Waals surface area contributed by atoms with Crippen molar-refractivity contribution in [3.63, 3.8) is 0 Å². The van der Waals surface area contributed by atoms with E-state index in [9.17, 15) is 14.8 Å². The zero-order chi connectivity index (χ0) is 25.1. The lowest BCUT2D eigenvalue weighted by molar-refractivity contribution is -0.142. The first-order valence-corrected chi connectivity index (χ1v) is 12.6. The van der Waals surface area contributed by atoms with E-state index < -0.39 is 17.7 Å². The largest absolute Gasteiger partial charge is 0.489 e. The van der Waals surface area contributed by atoms with Gasteiger partial charge >= 0.3 is 0 Å². The van der Waals surface area contributed by atoms with E-state index in [4.69, 9.17) is 4.74 Å². The average Bonchev–Trinajstić information content (AvgIpc) is 2.86. The number of para-hydroxylation sites is 1. The van der Waals surface area contributed by atoms with Crippen LogP contribution in [0.25, 0.3) is 10.9 Å². The maximum atomic E-state index is 13.1. The zero-order valence-electron chi connectivity index (χ0n) is 20.4. The number of hydrogen-bond donors (Lipinski definition) is 3. The molecule has 188 valence electrons. The highest BCUT2D eigenvalue weighted by atomic mass is 16.5. The number of hydrogen-bond acceptors (Lipinski definition) is 6. The molecule has 0 spiro atoms. The van der Waals surface area contributed by atoms with E-state index in [2.05, 4.69) is 15.2 Å². The molecule has 1 saturated carbocycles. The van der Waals surface area contributed by atoms with Gasteiger partial charge in [0.1, 0.15) is 12.4 Å². The van der Waals surface area contributed by atoms with Gasteiger partial charge in [-0.25, -0.2) is 5.48 Å². The molecule has 0 radical (unpaired) electrons. The summed E-state index contributed by atoms with van der Waals surface area (Å²) in [5, 5.41) is 13.3. The standard InChI is InChI=1S/C28H32N4O4/c1-18-15-19(23-7-2-3-8-26(23)29-18)17-36-22-11-9-20(10-12-22)30-27(33)24-13-14-32(21-5-4-6-21)16-25(24)28(34)31-35/h2-3,7-12,15,21,24-25,35H,4-6,13-14,16-17H2,1H3,(H,30,33)(H,31,34)/t24-,25-/m0/s1. The minimum Gasteiger partial charge on any atom is -0.489 e. The maximum absolute atomic E-state index is 13.1. The van der Waals surface area contributed by atoms with Crippen molar-refractivity contribution in [2.45, 2.75) is 45.3 Å². The van der Waals surface area contributed by atoms with E-state index in [-0.39, 0.29) is 5.91 Å². The van der Waals surface area contributed by atoms with Crippen LogP contribution < -0.4 is 15.5 Å². The maximum Gasteiger partial charge on any atom is 0.248 e. The Balaban J connectivity index is 1.21. The summed E-state index contributed by atoms with van der Waals surface area (Å²) in [7, 11) is 0. The van der Waals surface area contributed by atoms with Crippen molar-refractivity contribution < 1.29 is 19.5 Å². The molecule has 1 saturated heterocycles. The van der Waals surface area contributed by atoms with Crippen LogP contribution >= 0.6 is 0 Å². The zero-order valence-corrected chi connectivity index (χ0v) is 20.4. The second-order valence-corrected chi connectivity index (χ2v) is 9.80. The molecule has 1 aliphatic carbocycles. The van der Waals surface area contributed by atoms with Gasteiger partial charge in [0.15, 0.2) is 0 Å². The van der Waals surface area contributed by atoms with Gasteiger partial charge in [-0.3, -0.25) is 24.7 Å². The third-order valence-electron chi connectivity index (χ3n) is 7.47. The Morgan fingerprint density at radius 3 is 2.56 bits per heavy atom. The Labute approximate surface area is 210 Å². The van der Waals surface area contributed by atoms with Crippen LogP contribution in [0.3, 0.4) is 0 Å². The van der Waals surface area contributed by atoms with Gasteiger partial charge in [0.05, 0.1) is 17.4 Å². The van der Waals surface area contributed by atoms with Gasteiger partial charge in [0, 0.05) is 34.9 Å². The van der Waals surface area contributed by atoms with Gasteiger partial charge in [-0.1, -0.05) is 24.6 Å². The Morgan fingerprint density at radius 1 is 1.06 bits per heavy atom. The smallest absolute Gasteiger partial charge is 0.248 e. The number of pyridine rings is 1. The van der Waals surface area contributed by atoms with E-state index in [1.54, 1.807) is 17.6 Å². The molecule has 2 atom stereocenters. The van der Waals surface area contributed by atoms with E-state index in [1.165, 1.54) is 6.42 Å². The molecule has 3 N–H and O–H groups in total. The second-order valence-electron chi connectivity index (χ2n) is 9.80. The number of piperidine rings is 1. The van der Waals surface area contributed by atoms with Crippen LogP contribution in [-0.2, 0) is 16.2 Å². The highest BCUT2D eigenvalue weighted by Crippen LogP contribution is 2.32. The molecule has 2 amide bonds. The second kappa shape index (κ2) is 10.6. The van der Waals surface area contributed by atoms with Crippen LogP contribution in [0.5, 0.6) is 5.75 Å². The molecule has 2 aromatic carbocycles. The quantitative estimate of drug-likeness (QED) is 0.342. The molecular formula is C28H32N4O4. The topological polar surface area (TPSA) is 104 Å². The lowest BCUT2D eigenvalue weighted by atomic mass is 9.81. The predicted molar refractivity (Wildman–Crippen MR) is 137 cm³/mol. The van der Waals surface area contributed by atoms with Crippen molar-refractivity contribution in [2.75, 3.05) is 18.4 Å². The predicted octanol–water partition coefficient (Wildman–Crippen LogP) is 4.06. The number of amides is 2. The highest BCUT2D eigenvalue weighted by molar-refractivity contribution is 5.96. The van der Waals surface area contributed by atoms with Gasteiger partial charge in [-0.15, -0.1) is 0 Å². The highest BCUT2D eigenvalue weighted by Gasteiger charge is 2.41. The molecule has 8 nitrogen and oxygen atoms in total. The summed E-state index contributed by atoms with van der Waals surface area (Å²) in [5.41, 5.74) is 5.36. The lowest BCUT2D eigenvalue weighted by Crippen LogP contribution is -2.54. The monoisotopic (exact) mass is 488 g/mol. The van der Waals surface area contributed by atoms with Gasteiger partial charge in [0.25, 0.3) is 0 Å². The first-order chi connectivity index (χ1) is 17.5. The summed E-state index contributed by atoms with van der Waals surface area (Å²) in [6.45, 7) is 3.66. The summed E-state index contributed by atoms with van der Waals surface area (Å²) >= 11 is 0. The van der Waals surface area contributed by atoms with Gasteiger partial charge in [-0.05, 0) is 69.1 Å². The summed E-state index contributed by atoms with van der Waals surface area (Å²) in [5.74, 6) is -1.08. The van der Waals surface area contributed by atoms with Gasteiger partial charge in [-0.2, -0.15) is 0 Å². The third-order valence-corrected chi connectivity index (χ3v) is 7.47. The van der Waals surface area contributed by atoms with Crippen molar-refractivity contribution in [1.82, 2.24) is 15.4 Å². The number of benzene rings is 2. The molecule has 2 aliphatic rings. The number of fused-ring (bicyclic) bond motifs is 1. The number of hydroxylamine groups is 1. The van der Waals surface area contributed by atoms with Crippen molar-refractivity contribution in [3.8, 4) is 5.75 Å².